The zero-order chi connectivity index (χ0) is 12.4. The topological polar surface area (TPSA) is 22.4 Å². The van der Waals surface area contributed by atoms with Crippen LogP contribution in [0.25, 0.3) is 0 Å². The summed E-state index contributed by atoms with van der Waals surface area (Å²) in [5, 5.41) is 0. The van der Waals surface area contributed by atoms with Crippen LogP contribution in [0.4, 0.5) is 0 Å². The average Bonchev–Trinajstić information content (AvgIpc) is 2.74. The first-order valence-corrected chi connectivity index (χ1v) is 7.34. The number of rotatable bonds is 3. The number of methoxy groups -OCH3 is 1. The Morgan fingerprint density at radius 1 is 1.24 bits per heavy atom. The van der Waals surface area contributed by atoms with Gasteiger partial charge in [0, 0.05) is 5.56 Å². The maximum absolute atomic E-state index is 5.23. The second kappa shape index (κ2) is 5.59. The van der Waals surface area contributed by atoms with E-state index in [9.17, 15) is 0 Å². The molecule has 2 aromatic rings. The molecule has 0 bridgehead atoms. The molecule has 0 fully saturated rings. The summed E-state index contributed by atoms with van der Waals surface area (Å²) in [6.07, 6.45) is 1.66. The van der Waals surface area contributed by atoms with Gasteiger partial charge in [0.1, 0.15) is 5.75 Å². The lowest BCUT2D eigenvalue weighted by Gasteiger charge is -2.11. The first kappa shape index (κ1) is 13.2. The second-order valence-corrected chi connectivity index (χ2v) is 5.90. The summed E-state index contributed by atoms with van der Waals surface area (Å²) < 4.78 is 12.1. The fraction of sp³-hybridized carbons (Fsp3) is 0.167. The quantitative estimate of drug-likeness (QED) is 0.624. The zero-order valence-corrected chi connectivity index (χ0v) is 13.7. The maximum Gasteiger partial charge on any atom is 0.173 e. The molecule has 0 saturated heterocycles. The van der Waals surface area contributed by atoms with Crippen LogP contribution in [0.1, 0.15) is 16.0 Å². The number of benzene rings is 1. The summed E-state index contributed by atoms with van der Waals surface area (Å²) >= 11 is 10.5. The molecule has 0 amide bonds. The van der Waals surface area contributed by atoms with Crippen LogP contribution in [-0.2, 0) is 0 Å². The van der Waals surface area contributed by atoms with Crippen molar-refractivity contribution in [2.24, 2.45) is 0 Å². The number of halogens is 3. The molecule has 1 aromatic heterocycles. The van der Waals surface area contributed by atoms with E-state index in [1.54, 1.807) is 13.4 Å². The molecule has 0 radical (unpaired) electrons. The Morgan fingerprint density at radius 3 is 2.53 bits per heavy atom. The van der Waals surface area contributed by atoms with Crippen molar-refractivity contribution < 1.29 is 9.15 Å². The molecular weight excluding hydrogens is 416 g/mol. The standard InChI is InChI=1S/C12H9Br3O2/c1-16-10-3-2-7(6-9(10)13)11(14)8-4-5-17-12(8)15/h2-6,11H,1H3. The maximum atomic E-state index is 5.23. The Balaban J connectivity index is 2.35. The van der Waals surface area contributed by atoms with Gasteiger partial charge in [-0.1, -0.05) is 22.0 Å². The predicted molar refractivity (Wildman–Crippen MR) is 77.9 cm³/mol. The lowest BCUT2D eigenvalue weighted by Crippen LogP contribution is -1.93. The summed E-state index contributed by atoms with van der Waals surface area (Å²) in [6, 6.07) is 7.91. The van der Waals surface area contributed by atoms with Crippen molar-refractivity contribution in [2.75, 3.05) is 7.11 Å². The van der Waals surface area contributed by atoms with Crippen molar-refractivity contribution in [3.05, 3.63) is 50.8 Å². The third kappa shape index (κ3) is 2.77. The van der Waals surface area contributed by atoms with Crippen LogP contribution < -0.4 is 4.74 Å². The van der Waals surface area contributed by atoms with Crippen LogP contribution in [0, 0.1) is 0 Å². The van der Waals surface area contributed by atoms with Crippen molar-refractivity contribution in [1.29, 1.82) is 0 Å². The summed E-state index contributed by atoms with van der Waals surface area (Å²) in [6.45, 7) is 0. The molecule has 0 N–H and O–H groups in total. The number of alkyl halides is 1. The van der Waals surface area contributed by atoms with E-state index in [4.69, 9.17) is 9.15 Å². The lowest BCUT2D eigenvalue weighted by molar-refractivity contribution is 0.412. The Labute approximate surface area is 125 Å². The van der Waals surface area contributed by atoms with Crippen molar-refractivity contribution in [3.8, 4) is 5.75 Å². The Hall–Kier alpha value is -0.260. The molecule has 1 heterocycles. The van der Waals surface area contributed by atoms with Crippen LogP contribution in [0.15, 0.2) is 44.1 Å². The Morgan fingerprint density at radius 2 is 2.00 bits per heavy atom. The highest BCUT2D eigenvalue weighted by Gasteiger charge is 2.16. The van der Waals surface area contributed by atoms with E-state index in [1.807, 2.05) is 24.3 Å². The fourth-order valence-corrected chi connectivity index (χ4v) is 3.48. The van der Waals surface area contributed by atoms with Crippen molar-refractivity contribution in [1.82, 2.24) is 0 Å². The van der Waals surface area contributed by atoms with Crippen LogP contribution in [0.3, 0.4) is 0 Å². The first-order valence-electron chi connectivity index (χ1n) is 4.84. The summed E-state index contributed by atoms with van der Waals surface area (Å²) in [7, 11) is 1.65. The zero-order valence-electron chi connectivity index (χ0n) is 8.91. The van der Waals surface area contributed by atoms with Gasteiger partial charge in [0.05, 0.1) is 22.7 Å². The molecule has 0 aliphatic carbocycles. The van der Waals surface area contributed by atoms with Gasteiger partial charge in [-0.2, -0.15) is 0 Å². The summed E-state index contributed by atoms with van der Waals surface area (Å²) in [5.41, 5.74) is 2.18. The van der Waals surface area contributed by atoms with Crippen molar-refractivity contribution in [3.63, 3.8) is 0 Å². The van der Waals surface area contributed by atoms with Gasteiger partial charge in [0.25, 0.3) is 0 Å². The predicted octanol–water partition coefficient (Wildman–Crippen LogP) is 5.30. The van der Waals surface area contributed by atoms with Gasteiger partial charge in [0.15, 0.2) is 4.67 Å². The van der Waals surface area contributed by atoms with E-state index >= 15 is 0 Å². The van der Waals surface area contributed by atoms with Crippen LogP contribution >= 0.6 is 47.8 Å². The third-order valence-electron chi connectivity index (χ3n) is 2.39. The molecule has 0 saturated carbocycles. The fourth-order valence-electron chi connectivity index (χ4n) is 1.50. The van der Waals surface area contributed by atoms with Gasteiger partial charge in [-0.3, -0.25) is 0 Å². The molecule has 17 heavy (non-hydrogen) atoms. The first-order chi connectivity index (χ1) is 8.13. The largest absolute Gasteiger partial charge is 0.496 e. The Kier molecular flexibility index (Phi) is 4.33. The normalized spacial score (nSPS) is 12.5. The van der Waals surface area contributed by atoms with E-state index in [0.29, 0.717) is 0 Å². The van der Waals surface area contributed by atoms with Crippen LogP contribution in [0.2, 0.25) is 0 Å². The van der Waals surface area contributed by atoms with E-state index in [2.05, 4.69) is 47.8 Å². The van der Waals surface area contributed by atoms with Gasteiger partial charge in [-0.15, -0.1) is 0 Å². The molecule has 0 spiro atoms. The molecular formula is C12H9Br3O2. The highest BCUT2D eigenvalue weighted by atomic mass is 79.9. The summed E-state index contributed by atoms with van der Waals surface area (Å²) in [4.78, 5) is 0.0813. The number of ether oxygens (including phenoxy) is 1. The SMILES string of the molecule is COc1ccc(C(Br)c2ccoc2Br)cc1Br. The van der Waals surface area contributed by atoms with Crippen LogP contribution in [-0.4, -0.2) is 7.11 Å². The van der Waals surface area contributed by atoms with E-state index in [-0.39, 0.29) is 4.83 Å². The van der Waals surface area contributed by atoms with Crippen molar-refractivity contribution in [2.45, 2.75) is 4.83 Å². The third-order valence-corrected chi connectivity index (χ3v) is 4.67. The molecule has 1 aromatic carbocycles. The van der Waals surface area contributed by atoms with E-state index in [0.717, 1.165) is 26.0 Å². The highest BCUT2D eigenvalue weighted by Crippen LogP contribution is 2.38. The number of hydrogen-bond donors (Lipinski definition) is 0. The summed E-state index contributed by atoms with van der Waals surface area (Å²) in [5.74, 6) is 0.819. The molecule has 2 nitrogen and oxygen atoms in total. The smallest absolute Gasteiger partial charge is 0.173 e. The highest BCUT2D eigenvalue weighted by molar-refractivity contribution is 9.11. The molecule has 5 heteroatoms. The minimum absolute atomic E-state index is 0.0813. The molecule has 90 valence electrons. The lowest BCUT2D eigenvalue weighted by atomic mass is 10.1. The molecule has 2 rings (SSSR count). The van der Waals surface area contributed by atoms with Crippen LogP contribution in [0.5, 0.6) is 5.75 Å². The van der Waals surface area contributed by atoms with Gasteiger partial charge in [0.2, 0.25) is 0 Å². The number of furan rings is 1. The minimum atomic E-state index is 0.0813. The van der Waals surface area contributed by atoms with Gasteiger partial charge < -0.3 is 9.15 Å². The number of hydrogen-bond acceptors (Lipinski definition) is 2. The van der Waals surface area contributed by atoms with Gasteiger partial charge >= 0.3 is 0 Å². The molecule has 1 atom stereocenters. The minimum Gasteiger partial charge on any atom is -0.496 e. The molecule has 1 unspecified atom stereocenters. The average molecular weight is 425 g/mol. The van der Waals surface area contributed by atoms with Gasteiger partial charge in [-0.05, 0) is 55.6 Å². The Bertz CT molecular complexity index is 522. The van der Waals surface area contributed by atoms with E-state index < -0.39 is 0 Å². The second-order valence-electron chi connectivity index (χ2n) is 3.41. The molecule has 0 aliphatic rings. The van der Waals surface area contributed by atoms with Crippen molar-refractivity contribution >= 4 is 47.8 Å². The van der Waals surface area contributed by atoms with E-state index in [1.165, 1.54) is 0 Å². The molecule has 0 aliphatic heterocycles. The monoisotopic (exact) mass is 422 g/mol. The van der Waals surface area contributed by atoms with Gasteiger partial charge in [-0.25, -0.2) is 0 Å².